The minimum absolute atomic E-state index is 0.0579. The van der Waals surface area contributed by atoms with Crippen molar-refractivity contribution in [2.45, 2.75) is 57.7 Å². The van der Waals surface area contributed by atoms with Gasteiger partial charge in [0.1, 0.15) is 11.9 Å². The Morgan fingerprint density at radius 1 is 0.925 bits per heavy atom. The van der Waals surface area contributed by atoms with Crippen LogP contribution in [0, 0.1) is 5.92 Å². The fourth-order valence-electron chi connectivity index (χ4n) is 5.07. The lowest BCUT2D eigenvalue weighted by molar-refractivity contribution is -0.122. The van der Waals surface area contributed by atoms with Crippen LogP contribution < -0.4 is 16.0 Å². The number of nitrogens with zero attached hydrogens (tertiary/aromatic N) is 2. The van der Waals surface area contributed by atoms with Crippen LogP contribution in [0.1, 0.15) is 49.7 Å². The first-order valence-electron chi connectivity index (χ1n) is 13.7. The molecule has 3 N–H and O–H groups in total. The van der Waals surface area contributed by atoms with Crippen molar-refractivity contribution in [3.8, 4) is 11.3 Å². The minimum atomic E-state index is -0.441. The molecule has 208 valence electrons. The second-order valence-electron chi connectivity index (χ2n) is 10.2. The Balaban J connectivity index is 1.36. The van der Waals surface area contributed by atoms with Gasteiger partial charge in [0.15, 0.2) is 0 Å². The van der Waals surface area contributed by atoms with Gasteiger partial charge in [0.25, 0.3) is 0 Å². The molecule has 2 aromatic heterocycles. The average Bonchev–Trinajstić information content (AvgIpc) is 3.51. The quantitative estimate of drug-likeness (QED) is 0.169. The SMILES string of the molecule is O=C(NCc1ccc(Cl)cc1)[C@@H](CC1CCCCC1)Nc1cc(-c2ccoc2)nc(NCc2cccc(Cl)c2)n1. The lowest BCUT2D eigenvalue weighted by Crippen LogP contribution is -2.41. The molecule has 2 heterocycles. The number of hydrogen-bond donors (Lipinski definition) is 3. The summed E-state index contributed by atoms with van der Waals surface area (Å²) < 4.78 is 5.30. The molecule has 0 bridgehead atoms. The zero-order valence-electron chi connectivity index (χ0n) is 22.2. The van der Waals surface area contributed by atoms with Crippen molar-refractivity contribution in [3.63, 3.8) is 0 Å². The van der Waals surface area contributed by atoms with Gasteiger partial charge in [-0.05, 0) is 53.8 Å². The van der Waals surface area contributed by atoms with Crippen molar-refractivity contribution in [1.82, 2.24) is 15.3 Å². The number of rotatable bonds is 11. The smallest absolute Gasteiger partial charge is 0.242 e. The lowest BCUT2D eigenvalue weighted by Gasteiger charge is -2.27. The van der Waals surface area contributed by atoms with E-state index in [-0.39, 0.29) is 5.91 Å². The van der Waals surface area contributed by atoms with E-state index in [1.165, 1.54) is 19.3 Å². The number of aromatic nitrogens is 2. The summed E-state index contributed by atoms with van der Waals surface area (Å²) in [6.45, 7) is 0.928. The highest BCUT2D eigenvalue weighted by Gasteiger charge is 2.25. The first-order valence-corrected chi connectivity index (χ1v) is 14.5. The van der Waals surface area contributed by atoms with E-state index in [0.717, 1.165) is 36.0 Å². The van der Waals surface area contributed by atoms with E-state index >= 15 is 0 Å². The number of nitrogens with one attached hydrogen (secondary N) is 3. The molecule has 7 nitrogen and oxygen atoms in total. The highest BCUT2D eigenvalue weighted by molar-refractivity contribution is 6.30. The molecule has 2 aromatic carbocycles. The summed E-state index contributed by atoms with van der Waals surface area (Å²) in [5.41, 5.74) is 3.52. The van der Waals surface area contributed by atoms with Gasteiger partial charge in [0.2, 0.25) is 11.9 Å². The van der Waals surface area contributed by atoms with Gasteiger partial charge >= 0.3 is 0 Å². The number of amides is 1. The van der Waals surface area contributed by atoms with Crippen LogP contribution in [0.5, 0.6) is 0 Å². The third-order valence-electron chi connectivity index (χ3n) is 7.20. The first kappa shape index (κ1) is 28.0. The summed E-state index contributed by atoms with van der Waals surface area (Å²) in [4.78, 5) is 22.9. The van der Waals surface area contributed by atoms with Crippen LogP contribution in [0.25, 0.3) is 11.3 Å². The molecule has 1 fully saturated rings. The molecular weight excluding hydrogens is 545 g/mol. The summed E-state index contributed by atoms with van der Waals surface area (Å²) in [5, 5.41) is 11.2. The molecule has 0 radical (unpaired) electrons. The second kappa shape index (κ2) is 13.7. The predicted octanol–water partition coefficient (Wildman–Crippen LogP) is 7.72. The highest BCUT2D eigenvalue weighted by atomic mass is 35.5. The molecule has 5 rings (SSSR count). The molecule has 40 heavy (non-hydrogen) atoms. The van der Waals surface area contributed by atoms with E-state index in [0.29, 0.717) is 46.5 Å². The summed E-state index contributed by atoms with van der Waals surface area (Å²) in [6.07, 6.45) is 9.95. The summed E-state index contributed by atoms with van der Waals surface area (Å²) in [6, 6.07) is 18.4. The Morgan fingerprint density at radius 3 is 2.50 bits per heavy atom. The number of anilines is 2. The number of carbonyl (C=O) groups excluding carboxylic acids is 1. The molecule has 1 saturated carbocycles. The van der Waals surface area contributed by atoms with E-state index < -0.39 is 6.04 Å². The third-order valence-corrected chi connectivity index (χ3v) is 7.68. The fourth-order valence-corrected chi connectivity index (χ4v) is 5.41. The van der Waals surface area contributed by atoms with Crippen molar-refractivity contribution in [2.75, 3.05) is 10.6 Å². The maximum absolute atomic E-state index is 13.5. The molecule has 1 aliphatic carbocycles. The van der Waals surface area contributed by atoms with Crippen molar-refractivity contribution in [3.05, 3.63) is 94.4 Å². The van der Waals surface area contributed by atoms with Gasteiger partial charge in [-0.25, -0.2) is 4.98 Å². The van der Waals surface area contributed by atoms with E-state index in [1.54, 1.807) is 12.5 Å². The molecule has 0 spiro atoms. The Labute approximate surface area is 244 Å². The number of furan rings is 1. The van der Waals surface area contributed by atoms with Crippen LogP contribution >= 0.6 is 23.2 Å². The van der Waals surface area contributed by atoms with Crippen LogP contribution in [-0.2, 0) is 17.9 Å². The van der Waals surface area contributed by atoms with Gasteiger partial charge in [-0.1, -0.05) is 79.6 Å². The molecule has 0 saturated heterocycles. The van der Waals surface area contributed by atoms with Crippen molar-refractivity contribution in [1.29, 1.82) is 0 Å². The molecule has 1 atom stereocenters. The molecular formula is C31H33Cl2N5O2. The maximum Gasteiger partial charge on any atom is 0.242 e. The molecule has 0 aliphatic heterocycles. The zero-order chi connectivity index (χ0) is 27.7. The van der Waals surface area contributed by atoms with E-state index in [2.05, 4.69) is 16.0 Å². The first-order chi connectivity index (χ1) is 19.5. The topological polar surface area (TPSA) is 92.1 Å². The van der Waals surface area contributed by atoms with Crippen molar-refractivity contribution < 1.29 is 9.21 Å². The highest BCUT2D eigenvalue weighted by Crippen LogP contribution is 2.29. The molecule has 1 aliphatic rings. The van der Waals surface area contributed by atoms with Crippen molar-refractivity contribution in [2.24, 2.45) is 5.92 Å². The number of carbonyl (C=O) groups is 1. The number of benzene rings is 2. The lowest BCUT2D eigenvalue weighted by atomic mass is 9.84. The standard InChI is InChI=1S/C31H33Cl2N5O2/c32-25-11-9-22(10-12-25)18-34-30(39)28(16-21-5-2-1-3-6-21)36-29-17-27(24-13-14-40-20-24)37-31(38-29)35-19-23-7-4-8-26(33)15-23/h4,7-15,17,20-21,28H,1-3,5-6,16,18-19H2,(H,34,39)(H2,35,36,37,38)/t28-/m1/s1. The van der Waals surface area contributed by atoms with E-state index in [9.17, 15) is 4.79 Å². The van der Waals surface area contributed by atoms with E-state index in [1.807, 2.05) is 60.7 Å². The van der Waals surface area contributed by atoms with Gasteiger partial charge < -0.3 is 20.4 Å². The van der Waals surface area contributed by atoms with Gasteiger partial charge in [-0.15, -0.1) is 0 Å². The molecule has 0 unspecified atom stereocenters. The normalized spacial score (nSPS) is 14.4. The Kier molecular flexibility index (Phi) is 9.58. The minimum Gasteiger partial charge on any atom is -0.472 e. The monoisotopic (exact) mass is 577 g/mol. The summed E-state index contributed by atoms with van der Waals surface area (Å²) in [7, 11) is 0. The fraction of sp³-hybridized carbons (Fsp3) is 0.323. The third kappa shape index (κ3) is 7.99. The van der Waals surface area contributed by atoms with Crippen LogP contribution in [0.15, 0.2) is 77.6 Å². The number of hydrogen-bond acceptors (Lipinski definition) is 6. The maximum atomic E-state index is 13.5. The van der Waals surface area contributed by atoms with Gasteiger partial charge in [0, 0.05) is 34.8 Å². The largest absolute Gasteiger partial charge is 0.472 e. The number of halogens is 2. The molecule has 4 aromatic rings. The summed E-state index contributed by atoms with van der Waals surface area (Å²) >= 11 is 12.2. The molecule has 1 amide bonds. The van der Waals surface area contributed by atoms with Crippen molar-refractivity contribution >= 4 is 40.9 Å². The van der Waals surface area contributed by atoms with Crippen LogP contribution in [0.3, 0.4) is 0 Å². The van der Waals surface area contributed by atoms with E-state index in [4.69, 9.17) is 37.6 Å². The van der Waals surface area contributed by atoms with Crippen LogP contribution in [0.2, 0.25) is 10.0 Å². The van der Waals surface area contributed by atoms with Crippen LogP contribution in [-0.4, -0.2) is 21.9 Å². The average molecular weight is 579 g/mol. The second-order valence-corrected chi connectivity index (χ2v) is 11.1. The van der Waals surface area contributed by atoms with Gasteiger partial charge in [-0.2, -0.15) is 4.98 Å². The van der Waals surface area contributed by atoms with Crippen LogP contribution in [0.4, 0.5) is 11.8 Å². The zero-order valence-corrected chi connectivity index (χ0v) is 23.7. The van der Waals surface area contributed by atoms with Gasteiger partial charge in [0.05, 0.1) is 18.2 Å². The van der Waals surface area contributed by atoms with Gasteiger partial charge in [-0.3, -0.25) is 4.79 Å². The Hall–Kier alpha value is -3.55. The Bertz CT molecular complexity index is 1390. The summed E-state index contributed by atoms with van der Waals surface area (Å²) in [5.74, 6) is 1.45. The predicted molar refractivity (Wildman–Crippen MR) is 160 cm³/mol. The molecule has 9 heteroatoms. The Morgan fingerprint density at radius 2 is 1.75 bits per heavy atom.